The molecule has 6 heteroatoms. The molecule has 0 radical (unpaired) electrons. The summed E-state index contributed by atoms with van der Waals surface area (Å²) in [5, 5.41) is 1.10. The molecular formula is C26H30ClN3O2. The summed E-state index contributed by atoms with van der Waals surface area (Å²) in [7, 11) is 0. The molecule has 168 valence electrons. The van der Waals surface area contributed by atoms with E-state index in [1.807, 2.05) is 35.2 Å². The van der Waals surface area contributed by atoms with E-state index in [0.717, 1.165) is 32.1 Å². The van der Waals surface area contributed by atoms with Gasteiger partial charge in [0.05, 0.1) is 22.6 Å². The molecule has 3 aromatic rings. The van der Waals surface area contributed by atoms with Crippen molar-refractivity contribution in [2.75, 3.05) is 6.54 Å². The lowest BCUT2D eigenvalue weighted by atomic mass is 10.0. The fraction of sp³-hybridized carbons (Fsp3) is 0.423. The summed E-state index contributed by atoms with van der Waals surface area (Å²) >= 11 is 6.28. The summed E-state index contributed by atoms with van der Waals surface area (Å²) in [6.45, 7) is 4.78. The molecule has 0 bridgehead atoms. The fourth-order valence-electron chi connectivity index (χ4n) is 4.85. The van der Waals surface area contributed by atoms with Crippen molar-refractivity contribution in [3.05, 3.63) is 69.7 Å². The minimum atomic E-state index is -0.292. The Morgan fingerprint density at radius 2 is 1.91 bits per heavy atom. The molecule has 1 atom stereocenters. The number of nitrogens with zero attached hydrogens (tertiary/aromatic N) is 3. The topological polar surface area (TPSA) is 55.2 Å². The summed E-state index contributed by atoms with van der Waals surface area (Å²) < 4.78 is 1.65. The molecule has 1 fully saturated rings. The number of aromatic nitrogens is 2. The van der Waals surface area contributed by atoms with Gasteiger partial charge in [-0.3, -0.25) is 14.2 Å². The van der Waals surface area contributed by atoms with Crippen LogP contribution in [-0.4, -0.2) is 26.9 Å². The highest BCUT2D eigenvalue weighted by Crippen LogP contribution is 2.32. The van der Waals surface area contributed by atoms with Crippen LogP contribution in [0.1, 0.15) is 64.2 Å². The number of carbonyl (C=O) groups excluding carboxylic acids is 1. The molecule has 0 saturated heterocycles. The molecule has 1 aliphatic carbocycles. The highest BCUT2D eigenvalue weighted by molar-refractivity contribution is 6.30. The van der Waals surface area contributed by atoms with Gasteiger partial charge in [0.1, 0.15) is 5.82 Å². The average Bonchev–Trinajstić information content (AvgIpc) is 3.34. The zero-order chi connectivity index (χ0) is 22.7. The van der Waals surface area contributed by atoms with Crippen LogP contribution in [-0.2, 0) is 4.79 Å². The average molecular weight is 452 g/mol. The minimum Gasteiger partial charge on any atom is -0.332 e. The Balaban J connectivity index is 1.92. The second kappa shape index (κ2) is 9.86. The van der Waals surface area contributed by atoms with E-state index in [-0.39, 0.29) is 23.4 Å². The second-order valence-corrected chi connectivity index (χ2v) is 8.98. The Hall–Kier alpha value is -2.66. The first kappa shape index (κ1) is 22.5. The molecule has 1 aliphatic rings. The van der Waals surface area contributed by atoms with E-state index < -0.39 is 0 Å². The lowest BCUT2D eigenvalue weighted by Gasteiger charge is -2.34. The summed E-state index contributed by atoms with van der Waals surface area (Å²) in [6, 6.07) is 14.4. The van der Waals surface area contributed by atoms with Crippen molar-refractivity contribution in [1.29, 1.82) is 0 Å². The predicted molar refractivity (Wildman–Crippen MR) is 129 cm³/mol. The zero-order valence-corrected chi connectivity index (χ0v) is 19.5. The molecule has 1 unspecified atom stereocenters. The first-order valence-corrected chi connectivity index (χ1v) is 12.0. The van der Waals surface area contributed by atoms with Gasteiger partial charge in [-0.05, 0) is 56.0 Å². The molecule has 4 rings (SSSR count). The van der Waals surface area contributed by atoms with Crippen molar-refractivity contribution in [3.8, 4) is 5.69 Å². The van der Waals surface area contributed by atoms with Gasteiger partial charge in [-0.15, -0.1) is 0 Å². The van der Waals surface area contributed by atoms with Gasteiger partial charge in [0.15, 0.2) is 0 Å². The molecule has 0 aliphatic heterocycles. The number of para-hydroxylation sites is 1. The first-order chi connectivity index (χ1) is 15.5. The third-order valence-electron chi connectivity index (χ3n) is 6.38. The Labute approximate surface area is 194 Å². The van der Waals surface area contributed by atoms with Gasteiger partial charge in [0, 0.05) is 17.5 Å². The van der Waals surface area contributed by atoms with Crippen LogP contribution >= 0.6 is 11.6 Å². The van der Waals surface area contributed by atoms with Crippen molar-refractivity contribution in [3.63, 3.8) is 0 Å². The van der Waals surface area contributed by atoms with Gasteiger partial charge in [-0.25, -0.2) is 4.98 Å². The van der Waals surface area contributed by atoms with Crippen LogP contribution in [0.3, 0.4) is 0 Å². The number of hydrogen-bond donors (Lipinski definition) is 0. The molecule has 1 heterocycles. The van der Waals surface area contributed by atoms with Crippen LogP contribution in [0.15, 0.2) is 53.3 Å². The van der Waals surface area contributed by atoms with E-state index >= 15 is 0 Å². The van der Waals surface area contributed by atoms with Crippen LogP contribution in [0.2, 0.25) is 5.02 Å². The third-order valence-corrected chi connectivity index (χ3v) is 6.62. The second-order valence-electron chi connectivity index (χ2n) is 8.54. The Morgan fingerprint density at radius 3 is 2.59 bits per heavy atom. The van der Waals surface area contributed by atoms with E-state index in [1.54, 1.807) is 22.8 Å². The summed E-state index contributed by atoms with van der Waals surface area (Å²) in [5.74, 6) is 0.858. The van der Waals surface area contributed by atoms with E-state index in [0.29, 0.717) is 40.4 Å². The van der Waals surface area contributed by atoms with Crippen molar-refractivity contribution in [1.82, 2.24) is 14.5 Å². The van der Waals surface area contributed by atoms with E-state index in [1.165, 1.54) is 0 Å². The predicted octanol–water partition coefficient (Wildman–Crippen LogP) is 5.92. The lowest BCUT2D eigenvalue weighted by Crippen LogP contribution is -2.41. The quantitative estimate of drug-likeness (QED) is 0.448. The minimum absolute atomic E-state index is 0.0717. The summed E-state index contributed by atoms with van der Waals surface area (Å²) in [5.41, 5.74) is 1.17. The maximum atomic E-state index is 13.7. The van der Waals surface area contributed by atoms with Crippen molar-refractivity contribution < 1.29 is 4.79 Å². The SMILES string of the molecule is CCCN(C(=O)C1CCCC1)C(CC)c1nc2ccccc2c(=O)n1-c1cccc(Cl)c1. The molecule has 32 heavy (non-hydrogen) atoms. The Bertz CT molecular complexity index is 1170. The number of hydrogen-bond acceptors (Lipinski definition) is 3. The van der Waals surface area contributed by atoms with Crippen molar-refractivity contribution in [2.45, 2.75) is 58.4 Å². The van der Waals surface area contributed by atoms with Gasteiger partial charge >= 0.3 is 0 Å². The maximum Gasteiger partial charge on any atom is 0.266 e. The van der Waals surface area contributed by atoms with E-state index in [9.17, 15) is 9.59 Å². The van der Waals surface area contributed by atoms with Gasteiger partial charge < -0.3 is 4.90 Å². The molecule has 5 nitrogen and oxygen atoms in total. The van der Waals surface area contributed by atoms with E-state index in [2.05, 4.69) is 13.8 Å². The molecule has 2 aromatic carbocycles. The largest absolute Gasteiger partial charge is 0.332 e. The normalized spacial score (nSPS) is 15.2. The highest BCUT2D eigenvalue weighted by Gasteiger charge is 2.33. The van der Waals surface area contributed by atoms with Gasteiger partial charge in [-0.2, -0.15) is 0 Å². The van der Waals surface area contributed by atoms with Crippen LogP contribution in [0.5, 0.6) is 0 Å². The summed E-state index contributed by atoms with van der Waals surface area (Å²) in [6.07, 6.45) is 5.63. The monoisotopic (exact) mass is 451 g/mol. The van der Waals surface area contributed by atoms with Gasteiger partial charge in [-0.1, -0.05) is 56.5 Å². The fourth-order valence-corrected chi connectivity index (χ4v) is 5.03. The van der Waals surface area contributed by atoms with Crippen LogP contribution in [0.25, 0.3) is 16.6 Å². The van der Waals surface area contributed by atoms with Crippen molar-refractivity contribution in [2.24, 2.45) is 5.92 Å². The third kappa shape index (κ3) is 4.31. The summed E-state index contributed by atoms with van der Waals surface area (Å²) in [4.78, 5) is 34.1. The Kier molecular flexibility index (Phi) is 6.95. The van der Waals surface area contributed by atoms with Crippen LogP contribution in [0.4, 0.5) is 0 Å². The number of halogens is 1. The molecule has 1 aromatic heterocycles. The molecule has 1 saturated carbocycles. The van der Waals surface area contributed by atoms with Crippen molar-refractivity contribution >= 4 is 28.4 Å². The number of carbonyl (C=O) groups is 1. The molecule has 0 spiro atoms. The Morgan fingerprint density at radius 1 is 1.16 bits per heavy atom. The molecule has 1 amide bonds. The highest BCUT2D eigenvalue weighted by atomic mass is 35.5. The number of amides is 1. The maximum absolute atomic E-state index is 13.7. The van der Waals surface area contributed by atoms with Crippen LogP contribution in [0, 0.1) is 5.92 Å². The molecule has 0 N–H and O–H groups in total. The van der Waals surface area contributed by atoms with E-state index in [4.69, 9.17) is 16.6 Å². The number of rotatable bonds is 7. The lowest BCUT2D eigenvalue weighted by molar-refractivity contribution is -0.138. The van der Waals surface area contributed by atoms with Gasteiger partial charge in [0.25, 0.3) is 5.56 Å². The van der Waals surface area contributed by atoms with Gasteiger partial charge in [0.2, 0.25) is 5.91 Å². The standard InChI is InChI=1S/C26H30ClN3O2/c1-3-16-29(25(31)18-10-5-6-11-18)23(4-2)24-28-22-15-8-7-14-21(22)26(32)30(24)20-13-9-12-19(27)17-20/h7-9,12-15,17-18,23H,3-6,10-11,16H2,1-2H3. The van der Waals surface area contributed by atoms with Crippen LogP contribution < -0.4 is 5.56 Å². The first-order valence-electron chi connectivity index (χ1n) is 11.6. The zero-order valence-electron chi connectivity index (χ0n) is 18.8. The smallest absolute Gasteiger partial charge is 0.266 e. The number of fused-ring (bicyclic) bond motifs is 1. The number of benzene rings is 2. The molecular weight excluding hydrogens is 422 g/mol.